The summed E-state index contributed by atoms with van der Waals surface area (Å²) in [7, 11) is -3.95. The number of rotatable bonds is 8. The minimum atomic E-state index is -3.95. The topological polar surface area (TPSA) is 84.9 Å². The molecule has 162 valence electrons. The molecule has 0 fully saturated rings. The highest BCUT2D eigenvalue weighted by molar-refractivity contribution is 7.89. The summed E-state index contributed by atoms with van der Waals surface area (Å²) in [6, 6.07) is 9.70. The molecule has 1 N–H and O–H groups in total. The van der Waals surface area contributed by atoms with Crippen LogP contribution >= 0.6 is 0 Å². The van der Waals surface area contributed by atoms with Crippen LogP contribution in [0.2, 0.25) is 0 Å². The maximum absolute atomic E-state index is 13.3. The van der Waals surface area contributed by atoms with Crippen molar-refractivity contribution in [1.82, 2.24) is 4.31 Å². The number of halogens is 1. The Morgan fingerprint density at radius 2 is 1.77 bits per heavy atom. The van der Waals surface area contributed by atoms with Gasteiger partial charge in [-0.05, 0) is 48.7 Å². The number of carbonyl (C=O) groups is 1. The van der Waals surface area contributed by atoms with E-state index in [0.717, 1.165) is 4.31 Å². The molecule has 9 heteroatoms. The Balaban J connectivity index is 1.80. The maximum Gasteiger partial charge on any atom is 0.243 e. The van der Waals surface area contributed by atoms with Gasteiger partial charge in [0.2, 0.25) is 15.9 Å². The van der Waals surface area contributed by atoms with Crippen LogP contribution in [0.1, 0.15) is 20.3 Å². The van der Waals surface area contributed by atoms with Crippen molar-refractivity contribution in [3.8, 4) is 11.5 Å². The first-order valence-corrected chi connectivity index (χ1v) is 11.1. The van der Waals surface area contributed by atoms with Crippen molar-refractivity contribution in [2.24, 2.45) is 5.92 Å². The third kappa shape index (κ3) is 5.48. The number of anilines is 1. The molecule has 30 heavy (non-hydrogen) atoms. The van der Waals surface area contributed by atoms with Crippen molar-refractivity contribution in [2.45, 2.75) is 25.2 Å². The van der Waals surface area contributed by atoms with Crippen molar-refractivity contribution in [3.63, 3.8) is 0 Å². The summed E-state index contributed by atoms with van der Waals surface area (Å²) in [6.45, 7) is 4.53. The number of fused-ring (bicyclic) bond motifs is 1. The number of carbonyl (C=O) groups excluding carboxylic acids is 1. The van der Waals surface area contributed by atoms with Gasteiger partial charge in [-0.3, -0.25) is 4.79 Å². The standard InChI is InChI=1S/C21H25FN2O5S/c1-15(2)9-10-24(14-21(25)23-17-5-3-16(22)4-6-17)30(26,27)18-7-8-19-20(13-18)29-12-11-28-19/h3-8,13,15H,9-12,14H2,1-2H3,(H,23,25). The third-order valence-electron chi connectivity index (χ3n) is 4.56. The molecule has 1 heterocycles. The monoisotopic (exact) mass is 436 g/mol. The van der Waals surface area contributed by atoms with E-state index in [1.807, 2.05) is 13.8 Å². The van der Waals surface area contributed by atoms with Crippen LogP contribution in [-0.4, -0.2) is 44.9 Å². The summed E-state index contributed by atoms with van der Waals surface area (Å²) in [5, 5.41) is 2.60. The van der Waals surface area contributed by atoms with Crippen LogP contribution in [0.3, 0.4) is 0 Å². The van der Waals surface area contributed by atoms with Gasteiger partial charge in [0.25, 0.3) is 0 Å². The van der Waals surface area contributed by atoms with E-state index < -0.39 is 21.7 Å². The van der Waals surface area contributed by atoms with E-state index in [4.69, 9.17) is 9.47 Å². The number of sulfonamides is 1. The first kappa shape index (κ1) is 22.0. The molecule has 1 aliphatic rings. The van der Waals surface area contributed by atoms with E-state index in [0.29, 0.717) is 36.8 Å². The van der Waals surface area contributed by atoms with Gasteiger partial charge in [0.15, 0.2) is 11.5 Å². The van der Waals surface area contributed by atoms with Gasteiger partial charge >= 0.3 is 0 Å². The Morgan fingerprint density at radius 3 is 2.43 bits per heavy atom. The fourth-order valence-corrected chi connectivity index (χ4v) is 4.34. The molecule has 0 saturated heterocycles. The zero-order valence-electron chi connectivity index (χ0n) is 16.9. The van der Waals surface area contributed by atoms with Crippen molar-refractivity contribution in [3.05, 3.63) is 48.3 Å². The van der Waals surface area contributed by atoms with Crippen molar-refractivity contribution in [1.29, 1.82) is 0 Å². The lowest BCUT2D eigenvalue weighted by Crippen LogP contribution is -2.39. The number of hydrogen-bond donors (Lipinski definition) is 1. The molecule has 0 unspecified atom stereocenters. The molecule has 1 aliphatic heterocycles. The molecule has 1 amide bonds. The highest BCUT2D eigenvalue weighted by atomic mass is 32.2. The van der Waals surface area contributed by atoms with Crippen LogP contribution in [0, 0.1) is 11.7 Å². The number of benzene rings is 2. The van der Waals surface area contributed by atoms with E-state index in [2.05, 4.69) is 5.32 Å². The summed E-state index contributed by atoms with van der Waals surface area (Å²) < 4.78 is 51.7. The van der Waals surface area contributed by atoms with Crippen LogP contribution in [0.25, 0.3) is 0 Å². The quantitative estimate of drug-likeness (QED) is 0.687. The molecule has 3 rings (SSSR count). The van der Waals surface area contributed by atoms with E-state index in [1.54, 1.807) is 6.07 Å². The number of ether oxygens (including phenoxy) is 2. The van der Waals surface area contributed by atoms with Crippen molar-refractivity contribution >= 4 is 21.6 Å². The second-order valence-electron chi connectivity index (χ2n) is 7.38. The molecule has 2 aromatic rings. The Morgan fingerprint density at radius 1 is 1.10 bits per heavy atom. The van der Waals surface area contributed by atoms with E-state index in [9.17, 15) is 17.6 Å². The van der Waals surface area contributed by atoms with Gasteiger partial charge in [0.05, 0.1) is 11.4 Å². The number of amides is 1. The zero-order valence-corrected chi connectivity index (χ0v) is 17.7. The molecule has 0 aromatic heterocycles. The summed E-state index contributed by atoms with van der Waals surface area (Å²) in [6.07, 6.45) is 0.591. The molecule has 2 aromatic carbocycles. The summed E-state index contributed by atoms with van der Waals surface area (Å²) in [5.41, 5.74) is 0.391. The van der Waals surface area contributed by atoms with Crippen LogP contribution in [0.15, 0.2) is 47.4 Å². The number of hydrogen-bond acceptors (Lipinski definition) is 5. The zero-order chi connectivity index (χ0) is 21.7. The molecule has 7 nitrogen and oxygen atoms in total. The second kappa shape index (κ2) is 9.44. The number of nitrogens with zero attached hydrogens (tertiary/aromatic N) is 1. The van der Waals surface area contributed by atoms with Crippen LogP contribution in [0.4, 0.5) is 10.1 Å². The second-order valence-corrected chi connectivity index (χ2v) is 9.32. The average molecular weight is 437 g/mol. The summed E-state index contributed by atoms with van der Waals surface area (Å²) in [5.74, 6) is 0.173. The predicted molar refractivity (Wildman–Crippen MR) is 111 cm³/mol. The molecule has 0 atom stereocenters. The van der Waals surface area contributed by atoms with Crippen LogP contribution in [0.5, 0.6) is 11.5 Å². The summed E-state index contributed by atoms with van der Waals surface area (Å²) >= 11 is 0. The molecule has 0 saturated carbocycles. The smallest absolute Gasteiger partial charge is 0.243 e. The lowest BCUT2D eigenvalue weighted by molar-refractivity contribution is -0.116. The van der Waals surface area contributed by atoms with Gasteiger partial charge < -0.3 is 14.8 Å². The van der Waals surface area contributed by atoms with Crippen LogP contribution < -0.4 is 14.8 Å². The Hall–Kier alpha value is -2.65. The molecule has 0 aliphatic carbocycles. The van der Waals surface area contributed by atoms with Crippen molar-refractivity contribution < 1.29 is 27.1 Å². The van der Waals surface area contributed by atoms with E-state index >= 15 is 0 Å². The molecular formula is C21H25FN2O5S. The highest BCUT2D eigenvalue weighted by Gasteiger charge is 2.28. The number of nitrogens with one attached hydrogen (secondary N) is 1. The molecular weight excluding hydrogens is 411 g/mol. The van der Waals surface area contributed by atoms with Gasteiger partial charge in [0, 0.05) is 18.3 Å². The van der Waals surface area contributed by atoms with Crippen molar-refractivity contribution in [2.75, 3.05) is 31.6 Å². The molecule has 0 radical (unpaired) electrons. The third-order valence-corrected chi connectivity index (χ3v) is 6.40. The van der Waals surface area contributed by atoms with E-state index in [-0.39, 0.29) is 23.9 Å². The fourth-order valence-electron chi connectivity index (χ4n) is 2.91. The average Bonchev–Trinajstić information content (AvgIpc) is 2.72. The largest absolute Gasteiger partial charge is 0.486 e. The fraction of sp³-hybridized carbons (Fsp3) is 0.381. The normalized spacial score (nSPS) is 13.5. The molecule has 0 spiro atoms. The Bertz CT molecular complexity index is 993. The Labute approximate surface area is 175 Å². The first-order valence-electron chi connectivity index (χ1n) is 9.71. The van der Waals surface area contributed by atoms with Gasteiger partial charge in [-0.1, -0.05) is 13.8 Å². The predicted octanol–water partition coefficient (Wildman–Crippen LogP) is 3.27. The van der Waals surface area contributed by atoms with Gasteiger partial charge in [-0.15, -0.1) is 0 Å². The Kier molecular flexibility index (Phi) is 6.94. The SMILES string of the molecule is CC(C)CCN(CC(=O)Nc1ccc(F)cc1)S(=O)(=O)c1ccc2c(c1)OCCO2. The lowest BCUT2D eigenvalue weighted by Gasteiger charge is -2.24. The van der Waals surface area contributed by atoms with Gasteiger partial charge in [-0.2, -0.15) is 4.31 Å². The maximum atomic E-state index is 13.3. The summed E-state index contributed by atoms with van der Waals surface area (Å²) in [4.78, 5) is 12.5. The lowest BCUT2D eigenvalue weighted by atomic mass is 10.1. The minimum Gasteiger partial charge on any atom is -0.486 e. The van der Waals surface area contributed by atoms with Gasteiger partial charge in [-0.25, -0.2) is 12.8 Å². The highest BCUT2D eigenvalue weighted by Crippen LogP contribution is 2.33. The minimum absolute atomic E-state index is 0.0325. The molecule has 0 bridgehead atoms. The van der Waals surface area contributed by atoms with Crippen LogP contribution in [-0.2, 0) is 14.8 Å². The first-order chi connectivity index (χ1) is 14.3. The van der Waals surface area contributed by atoms with E-state index in [1.165, 1.54) is 36.4 Å². The van der Waals surface area contributed by atoms with Gasteiger partial charge in [0.1, 0.15) is 19.0 Å².